The van der Waals surface area contributed by atoms with Crippen molar-refractivity contribution < 1.29 is 19.4 Å². The number of carbonyl (C=O) groups is 2. The van der Waals surface area contributed by atoms with Gasteiger partial charge in [-0.05, 0) is 75.4 Å². The summed E-state index contributed by atoms with van der Waals surface area (Å²) < 4.78 is 5.48. The third-order valence-electron chi connectivity index (χ3n) is 3.39. The summed E-state index contributed by atoms with van der Waals surface area (Å²) in [7, 11) is 0. The number of rotatable bonds is 7. The van der Waals surface area contributed by atoms with Crippen molar-refractivity contribution in [2.45, 2.75) is 47.5 Å². The Balaban J connectivity index is 3.49. The highest BCUT2D eigenvalue weighted by Gasteiger charge is 2.13. The maximum Gasteiger partial charge on any atom is 0.328 e. The Morgan fingerprint density at radius 1 is 0.960 bits per heavy atom. The van der Waals surface area contributed by atoms with E-state index in [0.29, 0.717) is 18.6 Å². The van der Waals surface area contributed by atoms with E-state index in [2.05, 4.69) is 12.2 Å². The Hall–Kier alpha value is -2.62. The summed E-state index contributed by atoms with van der Waals surface area (Å²) in [4.78, 5) is 22.4. The molecule has 4 nitrogen and oxygen atoms in total. The van der Waals surface area contributed by atoms with Gasteiger partial charge in [0, 0.05) is 13.0 Å². The molecule has 134 valence electrons. The number of hydrogen-bond acceptors (Lipinski definition) is 3. The van der Waals surface area contributed by atoms with Crippen LogP contribution in [0.4, 0.5) is 0 Å². The molecule has 1 aromatic rings. The first-order valence-corrected chi connectivity index (χ1v) is 8.21. The van der Waals surface area contributed by atoms with E-state index in [0.717, 1.165) is 33.9 Å². The minimum Gasteiger partial charge on any atom is -0.478 e. The third-order valence-corrected chi connectivity index (χ3v) is 3.39. The van der Waals surface area contributed by atoms with Crippen LogP contribution in [0.15, 0.2) is 41.5 Å². The van der Waals surface area contributed by atoms with Gasteiger partial charge in [0.25, 0.3) is 0 Å². The maximum absolute atomic E-state index is 11.5. The van der Waals surface area contributed by atoms with Crippen LogP contribution < -0.4 is 4.74 Å². The first-order chi connectivity index (χ1) is 11.7. The van der Waals surface area contributed by atoms with E-state index >= 15 is 0 Å². The highest BCUT2D eigenvalue weighted by Crippen LogP contribution is 2.29. The van der Waals surface area contributed by atoms with Crippen LogP contribution in [0.25, 0.3) is 6.08 Å². The molecule has 4 heteroatoms. The number of hydrogen-bond donors (Lipinski definition) is 1. The number of carbonyl (C=O) groups excluding carboxylic acids is 1. The number of carboxylic acid groups (broad SMARTS) is 1. The summed E-state index contributed by atoms with van der Waals surface area (Å²) in [6.07, 6.45) is 7.99. The Morgan fingerprint density at radius 2 is 1.44 bits per heavy atom. The molecular weight excluding hydrogens is 316 g/mol. The fraction of sp³-hybridized carbons (Fsp3) is 0.333. The molecule has 0 unspecified atom stereocenters. The summed E-state index contributed by atoms with van der Waals surface area (Å²) in [5.74, 6) is -0.804. The molecule has 0 saturated carbocycles. The number of allylic oxidation sites excluding steroid dienone is 4. The molecule has 0 aromatic heterocycles. The van der Waals surface area contributed by atoms with Crippen LogP contribution in [0, 0.1) is 0 Å². The smallest absolute Gasteiger partial charge is 0.328 e. The van der Waals surface area contributed by atoms with Gasteiger partial charge in [0.05, 0.1) is 0 Å². The van der Waals surface area contributed by atoms with Crippen LogP contribution in [-0.2, 0) is 22.4 Å². The van der Waals surface area contributed by atoms with Gasteiger partial charge >= 0.3 is 11.9 Å². The molecule has 25 heavy (non-hydrogen) atoms. The predicted molar refractivity (Wildman–Crippen MR) is 101 cm³/mol. The average Bonchev–Trinajstić information content (AvgIpc) is 2.49. The Morgan fingerprint density at radius 3 is 1.80 bits per heavy atom. The lowest BCUT2D eigenvalue weighted by Gasteiger charge is -2.14. The average molecular weight is 342 g/mol. The van der Waals surface area contributed by atoms with E-state index < -0.39 is 5.97 Å². The molecule has 0 bridgehead atoms. The molecule has 0 aliphatic rings. The van der Waals surface area contributed by atoms with Crippen LogP contribution in [0.5, 0.6) is 5.75 Å². The van der Waals surface area contributed by atoms with Gasteiger partial charge in [-0.3, -0.25) is 4.79 Å². The molecule has 0 saturated heterocycles. The lowest BCUT2D eigenvalue weighted by molar-refractivity contribution is -0.132. The van der Waals surface area contributed by atoms with E-state index in [1.165, 1.54) is 6.92 Å². The number of benzene rings is 1. The Labute approximate surface area is 149 Å². The predicted octanol–water partition coefficient (Wildman–Crippen LogP) is 4.73. The second kappa shape index (κ2) is 9.62. The fourth-order valence-electron chi connectivity index (χ4n) is 2.25. The monoisotopic (exact) mass is 342 g/mol. The second-order valence-corrected chi connectivity index (χ2v) is 6.40. The second-order valence-electron chi connectivity index (χ2n) is 6.40. The zero-order valence-corrected chi connectivity index (χ0v) is 15.6. The normalized spacial score (nSPS) is 10.4. The Kier molecular flexibility index (Phi) is 7.86. The summed E-state index contributed by atoms with van der Waals surface area (Å²) >= 11 is 0. The number of esters is 1. The van der Waals surface area contributed by atoms with Crippen LogP contribution in [0.2, 0.25) is 0 Å². The van der Waals surface area contributed by atoms with Gasteiger partial charge in [0.1, 0.15) is 5.75 Å². The van der Waals surface area contributed by atoms with Gasteiger partial charge < -0.3 is 9.84 Å². The lowest BCUT2D eigenvalue weighted by Crippen LogP contribution is -2.07. The largest absolute Gasteiger partial charge is 0.478 e. The van der Waals surface area contributed by atoms with Crippen molar-refractivity contribution in [1.82, 2.24) is 0 Å². The van der Waals surface area contributed by atoms with E-state index in [1.807, 2.05) is 39.8 Å². The molecule has 0 aliphatic heterocycles. The van der Waals surface area contributed by atoms with E-state index in [-0.39, 0.29) is 5.97 Å². The van der Waals surface area contributed by atoms with Crippen molar-refractivity contribution in [3.63, 3.8) is 0 Å². The highest BCUT2D eigenvalue weighted by molar-refractivity contribution is 5.85. The molecule has 1 N–H and O–H groups in total. The molecule has 1 aromatic carbocycles. The summed E-state index contributed by atoms with van der Waals surface area (Å²) in [5, 5.41) is 8.86. The van der Waals surface area contributed by atoms with Crippen LogP contribution in [0.1, 0.15) is 51.3 Å². The van der Waals surface area contributed by atoms with Crippen molar-refractivity contribution in [2.24, 2.45) is 0 Å². The molecule has 0 spiro atoms. The van der Waals surface area contributed by atoms with Crippen molar-refractivity contribution in [3.05, 3.63) is 58.2 Å². The number of ether oxygens (including phenoxy) is 1. The zero-order chi connectivity index (χ0) is 19.0. The van der Waals surface area contributed by atoms with Gasteiger partial charge in [-0.1, -0.05) is 23.3 Å². The fourth-order valence-corrected chi connectivity index (χ4v) is 2.25. The van der Waals surface area contributed by atoms with E-state index in [4.69, 9.17) is 9.84 Å². The zero-order valence-electron chi connectivity index (χ0n) is 15.6. The standard InChI is InChI=1S/C21H26O4/c1-14(2)6-9-18-12-17(8-11-20(23)24)13-19(10-7-15(3)4)21(18)25-16(5)22/h6-8,11-13H,9-10H2,1-5H3,(H,23,24). The Bertz CT molecular complexity index is 687. The molecular formula is C21H26O4. The minimum absolute atomic E-state index is 0.370. The van der Waals surface area contributed by atoms with Crippen LogP contribution in [0.3, 0.4) is 0 Å². The minimum atomic E-state index is -0.999. The van der Waals surface area contributed by atoms with Crippen LogP contribution in [-0.4, -0.2) is 17.0 Å². The van der Waals surface area contributed by atoms with Gasteiger partial charge in [-0.25, -0.2) is 4.79 Å². The molecule has 1 rings (SSSR count). The number of aliphatic carboxylic acids is 1. The first kappa shape index (κ1) is 20.4. The third kappa shape index (κ3) is 7.66. The SMILES string of the molecule is CC(=O)Oc1c(CC=C(C)C)cc(C=CC(=O)O)cc1CC=C(C)C. The molecule has 0 atom stereocenters. The van der Waals surface area contributed by atoms with Gasteiger partial charge in [-0.2, -0.15) is 0 Å². The summed E-state index contributed by atoms with van der Waals surface area (Å²) in [6, 6.07) is 3.73. The van der Waals surface area contributed by atoms with Crippen molar-refractivity contribution >= 4 is 18.0 Å². The van der Waals surface area contributed by atoms with Crippen LogP contribution >= 0.6 is 0 Å². The lowest BCUT2D eigenvalue weighted by atomic mass is 9.98. The molecule has 0 aliphatic carbocycles. The van der Waals surface area contributed by atoms with Gasteiger partial charge in [-0.15, -0.1) is 0 Å². The molecule has 0 radical (unpaired) electrons. The summed E-state index contributed by atoms with van der Waals surface area (Å²) in [6.45, 7) is 9.40. The van der Waals surface area contributed by atoms with Crippen molar-refractivity contribution in [1.29, 1.82) is 0 Å². The number of carboxylic acids is 1. The highest BCUT2D eigenvalue weighted by atomic mass is 16.5. The quantitative estimate of drug-likeness (QED) is 0.337. The summed E-state index contributed by atoms with van der Waals surface area (Å²) in [5.41, 5.74) is 4.81. The van der Waals surface area contributed by atoms with Gasteiger partial charge in [0.2, 0.25) is 0 Å². The van der Waals surface area contributed by atoms with E-state index in [1.54, 1.807) is 6.08 Å². The molecule has 0 fully saturated rings. The van der Waals surface area contributed by atoms with Crippen molar-refractivity contribution in [2.75, 3.05) is 0 Å². The first-order valence-electron chi connectivity index (χ1n) is 8.21. The van der Waals surface area contributed by atoms with Crippen molar-refractivity contribution in [3.8, 4) is 5.75 Å². The molecule has 0 amide bonds. The molecule has 0 heterocycles. The topological polar surface area (TPSA) is 63.6 Å². The van der Waals surface area contributed by atoms with Gasteiger partial charge in [0.15, 0.2) is 0 Å². The van der Waals surface area contributed by atoms with E-state index in [9.17, 15) is 9.59 Å². The maximum atomic E-state index is 11.5.